The van der Waals surface area contributed by atoms with E-state index in [1.807, 2.05) is 52.5 Å². The van der Waals surface area contributed by atoms with Gasteiger partial charge in [-0.2, -0.15) is 5.10 Å². The maximum Gasteiger partial charge on any atom is 0.0989 e. The smallest absolute Gasteiger partial charge is 0.0989 e. The molecule has 4 nitrogen and oxygen atoms in total. The van der Waals surface area contributed by atoms with Gasteiger partial charge in [0.15, 0.2) is 0 Å². The highest BCUT2D eigenvalue weighted by atomic mass is 35.5. The van der Waals surface area contributed by atoms with Gasteiger partial charge in [0.05, 0.1) is 22.4 Å². The largest absolute Gasteiger partial charge is 0.270 e. The van der Waals surface area contributed by atoms with Gasteiger partial charge in [-0.3, -0.25) is 5.84 Å². The van der Waals surface area contributed by atoms with Crippen LogP contribution in [-0.2, 0) is 0 Å². The Morgan fingerprint density at radius 2 is 2.00 bits per heavy atom. The van der Waals surface area contributed by atoms with Gasteiger partial charge >= 0.3 is 0 Å². The van der Waals surface area contributed by atoms with Crippen LogP contribution in [0.3, 0.4) is 0 Å². The molecule has 0 aliphatic heterocycles. The van der Waals surface area contributed by atoms with Crippen molar-refractivity contribution in [3.05, 3.63) is 69.6 Å². The maximum absolute atomic E-state index is 6.21. The van der Waals surface area contributed by atoms with Gasteiger partial charge in [0.25, 0.3) is 0 Å². The molecule has 20 heavy (non-hydrogen) atoms. The van der Waals surface area contributed by atoms with Gasteiger partial charge in [-0.05, 0) is 29.6 Å². The van der Waals surface area contributed by atoms with Crippen molar-refractivity contribution in [3.63, 3.8) is 0 Å². The Balaban J connectivity index is 2.07. The number of nitrogens with one attached hydrogen (secondary N) is 1. The van der Waals surface area contributed by atoms with E-state index in [0.717, 1.165) is 16.3 Å². The zero-order valence-electron chi connectivity index (χ0n) is 10.5. The van der Waals surface area contributed by atoms with Crippen molar-refractivity contribution in [3.8, 4) is 5.69 Å². The molecule has 2 heterocycles. The first kappa shape index (κ1) is 13.3. The van der Waals surface area contributed by atoms with Crippen molar-refractivity contribution >= 4 is 22.9 Å². The Kier molecular flexibility index (Phi) is 3.84. The number of rotatable bonds is 4. The molecule has 3 aromatic rings. The summed E-state index contributed by atoms with van der Waals surface area (Å²) in [6.07, 6.45) is 1.76. The third-order valence-electron chi connectivity index (χ3n) is 3.04. The van der Waals surface area contributed by atoms with E-state index >= 15 is 0 Å². The maximum atomic E-state index is 6.21. The van der Waals surface area contributed by atoms with E-state index in [4.69, 9.17) is 17.4 Å². The molecule has 1 atom stereocenters. The SMILES string of the molecule is NNC(c1sccc1Cl)c1ccnn1-c1ccccc1. The van der Waals surface area contributed by atoms with Crippen LogP contribution in [-0.4, -0.2) is 9.78 Å². The third-order valence-corrected chi connectivity index (χ3v) is 4.47. The molecule has 0 saturated heterocycles. The summed E-state index contributed by atoms with van der Waals surface area (Å²) in [5, 5.41) is 7.03. The molecule has 1 unspecified atom stereocenters. The van der Waals surface area contributed by atoms with Gasteiger partial charge in [-0.25, -0.2) is 10.1 Å². The first-order chi connectivity index (χ1) is 9.81. The predicted molar refractivity (Wildman–Crippen MR) is 82.1 cm³/mol. The molecular weight excluding hydrogens is 292 g/mol. The van der Waals surface area contributed by atoms with Gasteiger partial charge in [0.2, 0.25) is 0 Å². The van der Waals surface area contributed by atoms with E-state index in [0.29, 0.717) is 5.02 Å². The number of aromatic nitrogens is 2. The summed E-state index contributed by atoms with van der Waals surface area (Å²) in [5.41, 5.74) is 4.76. The summed E-state index contributed by atoms with van der Waals surface area (Å²) in [5.74, 6) is 5.73. The minimum absolute atomic E-state index is 0.190. The topological polar surface area (TPSA) is 55.9 Å². The lowest BCUT2D eigenvalue weighted by atomic mass is 10.1. The van der Waals surface area contributed by atoms with E-state index in [2.05, 4.69) is 10.5 Å². The van der Waals surface area contributed by atoms with E-state index in [1.54, 1.807) is 17.5 Å². The monoisotopic (exact) mass is 304 g/mol. The Labute approximate surface area is 125 Å². The second-order valence-corrected chi connectivity index (χ2v) is 5.59. The molecule has 3 N–H and O–H groups in total. The molecule has 6 heteroatoms. The van der Waals surface area contributed by atoms with Gasteiger partial charge in [-0.15, -0.1) is 11.3 Å². The summed E-state index contributed by atoms with van der Waals surface area (Å²) in [6, 6.07) is 13.5. The zero-order chi connectivity index (χ0) is 13.9. The van der Waals surface area contributed by atoms with Crippen molar-refractivity contribution in [1.82, 2.24) is 15.2 Å². The first-order valence-corrected chi connectivity index (χ1v) is 7.35. The third kappa shape index (κ3) is 2.36. The highest BCUT2D eigenvalue weighted by Gasteiger charge is 2.21. The predicted octanol–water partition coefficient (Wildman–Crippen LogP) is 3.14. The van der Waals surface area contributed by atoms with Crippen LogP contribution >= 0.6 is 22.9 Å². The number of para-hydroxylation sites is 1. The highest BCUT2D eigenvalue weighted by molar-refractivity contribution is 7.10. The number of hydrogen-bond donors (Lipinski definition) is 2. The van der Waals surface area contributed by atoms with E-state index < -0.39 is 0 Å². The number of thiophene rings is 1. The first-order valence-electron chi connectivity index (χ1n) is 6.09. The van der Waals surface area contributed by atoms with Crippen LogP contribution in [0.1, 0.15) is 16.6 Å². The Hall–Kier alpha value is -1.66. The van der Waals surface area contributed by atoms with E-state index in [1.165, 1.54) is 0 Å². The van der Waals surface area contributed by atoms with Crippen LogP contribution in [0.5, 0.6) is 0 Å². The van der Waals surface area contributed by atoms with Crippen molar-refractivity contribution in [1.29, 1.82) is 0 Å². The lowest BCUT2D eigenvalue weighted by molar-refractivity contribution is 0.605. The Morgan fingerprint density at radius 1 is 1.20 bits per heavy atom. The molecule has 0 spiro atoms. The van der Waals surface area contributed by atoms with E-state index in [-0.39, 0.29) is 6.04 Å². The van der Waals surface area contributed by atoms with Crippen LogP contribution in [0.2, 0.25) is 5.02 Å². The average molecular weight is 305 g/mol. The number of hydrogen-bond acceptors (Lipinski definition) is 4. The molecule has 0 fully saturated rings. The summed E-state index contributed by atoms with van der Waals surface area (Å²) < 4.78 is 1.86. The summed E-state index contributed by atoms with van der Waals surface area (Å²) >= 11 is 7.78. The number of nitrogens with zero attached hydrogens (tertiary/aromatic N) is 2. The molecular formula is C14H13ClN4S. The second kappa shape index (κ2) is 5.76. The second-order valence-electron chi connectivity index (χ2n) is 4.24. The quantitative estimate of drug-likeness (QED) is 0.575. The molecule has 0 radical (unpaired) electrons. The van der Waals surface area contributed by atoms with Gasteiger partial charge in [0, 0.05) is 11.1 Å². The van der Waals surface area contributed by atoms with Crippen LogP contribution in [0.15, 0.2) is 54.0 Å². The summed E-state index contributed by atoms with van der Waals surface area (Å²) in [6.45, 7) is 0. The van der Waals surface area contributed by atoms with Crippen molar-refractivity contribution in [2.45, 2.75) is 6.04 Å². The minimum atomic E-state index is -0.190. The fraction of sp³-hybridized carbons (Fsp3) is 0.0714. The van der Waals surface area contributed by atoms with Crippen LogP contribution in [0.4, 0.5) is 0 Å². The van der Waals surface area contributed by atoms with Crippen LogP contribution < -0.4 is 11.3 Å². The summed E-state index contributed by atoms with van der Waals surface area (Å²) in [4.78, 5) is 0.979. The van der Waals surface area contributed by atoms with Gasteiger partial charge < -0.3 is 0 Å². The molecule has 1 aromatic carbocycles. The molecule has 0 amide bonds. The number of nitrogens with two attached hydrogens (primary N) is 1. The molecule has 3 rings (SSSR count). The minimum Gasteiger partial charge on any atom is -0.270 e. The highest BCUT2D eigenvalue weighted by Crippen LogP contribution is 2.33. The molecule has 2 aromatic heterocycles. The molecule has 0 aliphatic rings. The molecule has 102 valence electrons. The van der Waals surface area contributed by atoms with E-state index in [9.17, 15) is 0 Å². The average Bonchev–Trinajstić information content (AvgIpc) is 3.11. The summed E-state index contributed by atoms with van der Waals surface area (Å²) in [7, 11) is 0. The molecule has 0 saturated carbocycles. The van der Waals surface area contributed by atoms with Crippen LogP contribution in [0.25, 0.3) is 5.69 Å². The fourth-order valence-corrected chi connectivity index (χ4v) is 3.36. The van der Waals surface area contributed by atoms with Crippen molar-refractivity contribution < 1.29 is 0 Å². The normalized spacial score (nSPS) is 12.5. The fourth-order valence-electron chi connectivity index (χ4n) is 2.12. The Morgan fingerprint density at radius 3 is 2.65 bits per heavy atom. The Bertz CT molecular complexity index is 692. The van der Waals surface area contributed by atoms with Crippen molar-refractivity contribution in [2.24, 2.45) is 5.84 Å². The number of hydrazine groups is 1. The van der Waals surface area contributed by atoms with Gasteiger partial charge in [-0.1, -0.05) is 29.8 Å². The lowest BCUT2D eigenvalue weighted by Crippen LogP contribution is -2.30. The molecule has 0 bridgehead atoms. The lowest BCUT2D eigenvalue weighted by Gasteiger charge is -2.17. The number of halogens is 1. The standard InChI is InChI=1S/C14H13ClN4S/c15-11-7-9-20-14(11)13(18-16)12-6-8-17-19(12)10-4-2-1-3-5-10/h1-9,13,18H,16H2. The van der Waals surface area contributed by atoms with Gasteiger partial charge in [0.1, 0.15) is 0 Å². The number of benzene rings is 1. The zero-order valence-corrected chi connectivity index (χ0v) is 12.1. The van der Waals surface area contributed by atoms with Crippen molar-refractivity contribution in [2.75, 3.05) is 0 Å². The van der Waals surface area contributed by atoms with Crippen LogP contribution in [0, 0.1) is 0 Å². The molecule has 0 aliphatic carbocycles.